The molecule has 1 rings (SSSR count). The molecular formula is C14H20ClNO2. The van der Waals surface area contributed by atoms with E-state index >= 15 is 0 Å². The number of aliphatic hydroxyl groups excluding tert-OH is 1. The molecule has 1 aromatic carbocycles. The first kappa shape index (κ1) is 15.0. The summed E-state index contributed by atoms with van der Waals surface area (Å²) >= 11 is 5.97. The molecule has 0 saturated heterocycles. The number of hydrogen-bond donors (Lipinski definition) is 1. The summed E-state index contributed by atoms with van der Waals surface area (Å²) in [4.78, 5) is 14.1. The van der Waals surface area contributed by atoms with Crippen LogP contribution in [0.25, 0.3) is 0 Å². The van der Waals surface area contributed by atoms with Crippen LogP contribution >= 0.6 is 11.6 Å². The van der Waals surface area contributed by atoms with E-state index in [9.17, 15) is 4.79 Å². The van der Waals surface area contributed by atoms with Crippen LogP contribution in [-0.4, -0.2) is 35.6 Å². The summed E-state index contributed by atoms with van der Waals surface area (Å²) in [6.45, 7) is 6.58. The lowest BCUT2D eigenvalue weighted by Gasteiger charge is -2.31. The van der Waals surface area contributed by atoms with Crippen LogP contribution in [0, 0.1) is 0 Å². The number of carbonyl (C=O) groups is 1. The van der Waals surface area contributed by atoms with Gasteiger partial charge in [0.25, 0.3) is 0 Å². The molecule has 1 amide bonds. The average molecular weight is 270 g/mol. The second-order valence-corrected chi connectivity index (χ2v) is 5.18. The maximum absolute atomic E-state index is 12.5. The fourth-order valence-corrected chi connectivity index (χ4v) is 2.11. The lowest BCUT2D eigenvalue weighted by atomic mass is 9.83. The minimum absolute atomic E-state index is 0.00122. The lowest BCUT2D eigenvalue weighted by molar-refractivity contribution is -0.136. The molecule has 0 heterocycles. The molecule has 0 aliphatic heterocycles. The molecule has 0 bridgehead atoms. The molecule has 0 radical (unpaired) electrons. The summed E-state index contributed by atoms with van der Waals surface area (Å²) in [5.41, 5.74) is 0.243. The SMILES string of the molecule is CCN(CCO)C(=O)C(C)(C)c1cccc(Cl)c1. The highest BCUT2D eigenvalue weighted by Gasteiger charge is 2.33. The van der Waals surface area contributed by atoms with Crippen molar-refractivity contribution in [3.8, 4) is 0 Å². The van der Waals surface area contributed by atoms with E-state index in [1.807, 2.05) is 39.0 Å². The number of rotatable bonds is 5. The Kier molecular flexibility index (Phi) is 5.17. The normalized spacial score (nSPS) is 11.4. The zero-order chi connectivity index (χ0) is 13.8. The van der Waals surface area contributed by atoms with Gasteiger partial charge in [-0.1, -0.05) is 23.7 Å². The van der Waals surface area contributed by atoms with Crippen LogP contribution < -0.4 is 0 Å². The number of hydrogen-bond acceptors (Lipinski definition) is 2. The third-order valence-electron chi connectivity index (χ3n) is 3.12. The standard InChI is InChI=1S/C14H20ClNO2/c1-4-16(8-9-17)13(18)14(2,3)11-6-5-7-12(15)10-11/h5-7,10,17H,4,8-9H2,1-3H3. The largest absolute Gasteiger partial charge is 0.395 e. The number of amides is 1. The van der Waals surface area contributed by atoms with Gasteiger partial charge in [0.1, 0.15) is 0 Å². The zero-order valence-corrected chi connectivity index (χ0v) is 11.9. The molecule has 0 unspecified atom stereocenters. The fourth-order valence-electron chi connectivity index (χ4n) is 1.92. The summed E-state index contributed by atoms with van der Waals surface area (Å²) in [6.07, 6.45) is 0. The lowest BCUT2D eigenvalue weighted by Crippen LogP contribution is -2.44. The highest BCUT2D eigenvalue weighted by molar-refractivity contribution is 6.30. The van der Waals surface area contributed by atoms with Crippen LogP contribution in [0.3, 0.4) is 0 Å². The predicted molar refractivity (Wildman–Crippen MR) is 73.8 cm³/mol. The quantitative estimate of drug-likeness (QED) is 0.892. The second kappa shape index (κ2) is 6.21. The molecule has 1 aromatic rings. The third kappa shape index (κ3) is 3.24. The highest BCUT2D eigenvalue weighted by atomic mass is 35.5. The zero-order valence-electron chi connectivity index (χ0n) is 11.1. The second-order valence-electron chi connectivity index (χ2n) is 4.74. The molecule has 1 N–H and O–H groups in total. The molecule has 0 atom stereocenters. The molecular weight excluding hydrogens is 250 g/mol. The van der Waals surface area contributed by atoms with Gasteiger partial charge in [-0.25, -0.2) is 0 Å². The van der Waals surface area contributed by atoms with Gasteiger partial charge in [-0.15, -0.1) is 0 Å². The van der Waals surface area contributed by atoms with E-state index in [0.29, 0.717) is 18.1 Å². The Labute approximate surface area is 113 Å². The van der Waals surface area contributed by atoms with Crippen molar-refractivity contribution in [2.45, 2.75) is 26.2 Å². The number of carbonyl (C=O) groups excluding carboxylic acids is 1. The van der Waals surface area contributed by atoms with Gasteiger partial charge in [0.05, 0.1) is 12.0 Å². The van der Waals surface area contributed by atoms with Gasteiger partial charge in [0, 0.05) is 18.1 Å². The van der Waals surface area contributed by atoms with Crippen molar-refractivity contribution in [1.29, 1.82) is 0 Å². The van der Waals surface area contributed by atoms with E-state index in [-0.39, 0.29) is 12.5 Å². The average Bonchev–Trinajstić information content (AvgIpc) is 2.35. The van der Waals surface area contributed by atoms with Crippen molar-refractivity contribution in [3.63, 3.8) is 0 Å². The van der Waals surface area contributed by atoms with Crippen molar-refractivity contribution >= 4 is 17.5 Å². The third-order valence-corrected chi connectivity index (χ3v) is 3.35. The Balaban J connectivity index is 3.01. The van der Waals surface area contributed by atoms with Gasteiger partial charge in [-0.05, 0) is 38.5 Å². The van der Waals surface area contributed by atoms with Gasteiger partial charge < -0.3 is 10.0 Å². The molecule has 0 fully saturated rings. The van der Waals surface area contributed by atoms with Crippen LogP contribution in [0.15, 0.2) is 24.3 Å². The topological polar surface area (TPSA) is 40.5 Å². The Bertz CT molecular complexity index is 418. The molecule has 3 nitrogen and oxygen atoms in total. The maximum Gasteiger partial charge on any atom is 0.232 e. The highest BCUT2D eigenvalue weighted by Crippen LogP contribution is 2.27. The van der Waals surface area contributed by atoms with Gasteiger partial charge in [-0.2, -0.15) is 0 Å². The summed E-state index contributed by atoms with van der Waals surface area (Å²) in [5, 5.41) is 9.61. The van der Waals surface area contributed by atoms with Crippen LogP contribution in [0.1, 0.15) is 26.3 Å². The summed E-state index contributed by atoms with van der Waals surface area (Å²) in [7, 11) is 0. The van der Waals surface area contributed by atoms with Gasteiger partial charge in [0.2, 0.25) is 5.91 Å². The minimum atomic E-state index is -0.643. The van der Waals surface area contributed by atoms with Gasteiger partial charge in [-0.3, -0.25) is 4.79 Å². The van der Waals surface area contributed by atoms with E-state index in [4.69, 9.17) is 16.7 Å². The first-order chi connectivity index (χ1) is 8.43. The molecule has 0 aromatic heterocycles. The van der Waals surface area contributed by atoms with E-state index in [1.165, 1.54) is 0 Å². The van der Waals surface area contributed by atoms with Crippen LogP contribution in [-0.2, 0) is 10.2 Å². The molecule has 100 valence electrons. The Morgan fingerprint density at radius 2 is 2.11 bits per heavy atom. The molecule has 0 saturated carbocycles. The summed E-state index contributed by atoms with van der Waals surface area (Å²) < 4.78 is 0. The summed E-state index contributed by atoms with van der Waals surface area (Å²) in [5.74, 6) is 0.00122. The van der Waals surface area contributed by atoms with Gasteiger partial charge in [0.15, 0.2) is 0 Å². The smallest absolute Gasteiger partial charge is 0.232 e. The molecule has 0 spiro atoms. The van der Waals surface area contributed by atoms with Crippen LogP contribution in [0.5, 0.6) is 0 Å². The Hall–Kier alpha value is -1.06. The number of halogens is 1. The fraction of sp³-hybridized carbons (Fsp3) is 0.500. The van der Waals surface area contributed by atoms with Crippen molar-refractivity contribution in [2.24, 2.45) is 0 Å². The van der Waals surface area contributed by atoms with E-state index in [1.54, 1.807) is 11.0 Å². The number of benzene rings is 1. The van der Waals surface area contributed by atoms with Crippen LogP contribution in [0.2, 0.25) is 5.02 Å². The number of likely N-dealkylation sites (N-methyl/N-ethyl adjacent to an activating group) is 1. The van der Waals surface area contributed by atoms with Crippen molar-refractivity contribution in [3.05, 3.63) is 34.9 Å². The predicted octanol–water partition coefficient (Wildman–Crippen LogP) is 2.46. The van der Waals surface area contributed by atoms with Gasteiger partial charge >= 0.3 is 0 Å². The molecule has 0 aliphatic carbocycles. The maximum atomic E-state index is 12.5. The van der Waals surface area contributed by atoms with Crippen molar-refractivity contribution in [1.82, 2.24) is 4.90 Å². The Morgan fingerprint density at radius 3 is 2.61 bits per heavy atom. The van der Waals surface area contributed by atoms with Crippen molar-refractivity contribution in [2.75, 3.05) is 19.7 Å². The first-order valence-corrected chi connectivity index (χ1v) is 6.47. The number of aliphatic hydroxyl groups is 1. The molecule has 4 heteroatoms. The Morgan fingerprint density at radius 1 is 1.44 bits per heavy atom. The van der Waals surface area contributed by atoms with Crippen molar-refractivity contribution < 1.29 is 9.90 Å². The summed E-state index contributed by atoms with van der Waals surface area (Å²) in [6, 6.07) is 7.34. The van der Waals surface area contributed by atoms with E-state index in [0.717, 1.165) is 5.56 Å². The molecule has 18 heavy (non-hydrogen) atoms. The first-order valence-electron chi connectivity index (χ1n) is 6.09. The number of nitrogens with zero attached hydrogens (tertiary/aromatic N) is 1. The minimum Gasteiger partial charge on any atom is -0.395 e. The molecule has 0 aliphatic rings. The van der Waals surface area contributed by atoms with E-state index < -0.39 is 5.41 Å². The van der Waals surface area contributed by atoms with Crippen LogP contribution in [0.4, 0.5) is 0 Å². The van der Waals surface area contributed by atoms with E-state index in [2.05, 4.69) is 0 Å². The monoisotopic (exact) mass is 269 g/mol.